The summed E-state index contributed by atoms with van der Waals surface area (Å²) in [6.07, 6.45) is -5.56. The van der Waals surface area contributed by atoms with E-state index in [1.54, 1.807) is 44.2 Å². The molecule has 3 aromatic carbocycles. The minimum atomic E-state index is -4.73. The highest BCUT2D eigenvalue weighted by molar-refractivity contribution is 6.32. The van der Waals surface area contributed by atoms with Gasteiger partial charge in [-0.1, -0.05) is 23.7 Å². The molecule has 164 valence electrons. The zero-order valence-electron chi connectivity index (χ0n) is 16.4. The Kier molecular flexibility index (Phi) is 6.59. The molecule has 0 bridgehead atoms. The van der Waals surface area contributed by atoms with Crippen LogP contribution >= 0.6 is 11.6 Å². The maximum Gasteiger partial charge on any atom is 0.416 e. The number of rotatable bonds is 6. The van der Waals surface area contributed by atoms with Crippen LogP contribution in [-0.2, 0) is 15.7 Å². The van der Waals surface area contributed by atoms with Crippen molar-refractivity contribution in [2.75, 3.05) is 6.61 Å². The summed E-state index contributed by atoms with van der Waals surface area (Å²) in [4.78, 5) is 11.7. The van der Waals surface area contributed by atoms with Crippen LogP contribution in [0.3, 0.4) is 0 Å². The number of hydrogen-bond acceptors (Lipinski definition) is 4. The number of alkyl halides is 3. The zero-order chi connectivity index (χ0) is 22.8. The molecule has 1 unspecified atom stereocenters. The molecular weight excluding hydrogens is 440 g/mol. The first-order valence-corrected chi connectivity index (χ1v) is 9.57. The van der Waals surface area contributed by atoms with Gasteiger partial charge in [0, 0.05) is 0 Å². The van der Waals surface area contributed by atoms with E-state index < -0.39 is 40.4 Å². The molecule has 31 heavy (non-hydrogen) atoms. The Morgan fingerprint density at radius 3 is 2.29 bits per heavy atom. The van der Waals surface area contributed by atoms with Gasteiger partial charge in [0.2, 0.25) is 0 Å². The fraction of sp³-hybridized carbons (Fsp3) is 0.227. The Bertz CT molecular complexity index is 1090. The topological polar surface area (TPSA) is 44.8 Å². The minimum Gasteiger partial charge on any atom is -0.479 e. The summed E-state index contributed by atoms with van der Waals surface area (Å²) in [5.74, 6) is -1.71. The van der Waals surface area contributed by atoms with Crippen molar-refractivity contribution in [1.82, 2.24) is 0 Å². The van der Waals surface area contributed by atoms with E-state index in [0.29, 0.717) is 23.3 Å². The number of ether oxygens (including phenoxy) is 3. The lowest BCUT2D eigenvalue weighted by atomic mass is 10.1. The van der Waals surface area contributed by atoms with Crippen molar-refractivity contribution in [2.45, 2.75) is 26.1 Å². The molecule has 0 radical (unpaired) electrons. The lowest BCUT2D eigenvalue weighted by Gasteiger charge is -2.14. The summed E-state index contributed by atoms with van der Waals surface area (Å²) in [6, 6.07) is 10.7. The van der Waals surface area contributed by atoms with Gasteiger partial charge < -0.3 is 14.2 Å². The average Bonchev–Trinajstić information content (AvgIpc) is 2.69. The highest BCUT2D eigenvalue weighted by Crippen LogP contribution is 2.39. The van der Waals surface area contributed by atoms with E-state index in [2.05, 4.69) is 0 Å². The summed E-state index contributed by atoms with van der Waals surface area (Å²) < 4.78 is 68.5. The first-order chi connectivity index (χ1) is 14.6. The van der Waals surface area contributed by atoms with Crippen molar-refractivity contribution in [3.05, 3.63) is 64.9 Å². The van der Waals surface area contributed by atoms with Gasteiger partial charge in [0.1, 0.15) is 11.5 Å². The minimum absolute atomic E-state index is 0.156. The predicted molar refractivity (Wildman–Crippen MR) is 107 cm³/mol. The maximum absolute atomic E-state index is 14.2. The van der Waals surface area contributed by atoms with Crippen molar-refractivity contribution in [1.29, 1.82) is 0 Å². The van der Waals surface area contributed by atoms with E-state index in [1.807, 2.05) is 0 Å². The van der Waals surface area contributed by atoms with Crippen molar-refractivity contribution in [3.63, 3.8) is 0 Å². The molecule has 4 nitrogen and oxygen atoms in total. The van der Waals surface area contributed by atoms with Gasteiger partial charge in [-0.15, -0.1) is 0 Å². The van der Waals surface area contributed by atoms with Gasteiger partial charge in [-0.05, 0) is 61.0 Å². The van der Waals surface area contributed by atoms with Crippen molar-refractivity contribution < 1.29 is 36.6 Å². The second kappa shape index (κ2) is 9.01. The third-order valence-electron chi connectivity index (χ3n) is 4.26. The standard InChI is InChI=1S/C22H17ClF4O4/c1-3-29-21(28)12(2)30-16-6-4-13-5-7-17(9-14(13)8-16)31-20-18(23)10-15(11-19(20)24)22(25,26)27/h4-12H,3H2,1-2H3. The molecule has 0 aliphatic heterocycles. The lowest BCUT2D eigenvalue weighted by molar-refractivity contribution is -0.150. The van der Waals surface area contributed by atoms with Crippen LogP contribution in [0, 0.1) is 5.82 Å². The van der Waals surface area contributed by atoms with E-state index in [1.165, 1.54) is 6.07 Å². The van der Waals surface area contributed by atoms with Crippen molar-refractivity contribution >= 4 is 28.3 Å². The average molecular weight is 457 g/mol. The van der Waals surface area contributed by atoms with Gasteiger partial charge in [0.25, 0.3) is 0 Å². The number of halogens is 5. The van der Waals surface area contributed by atoms with Crippen LogP contribution in [0.1, 0.15) is 19.4 Å². The highest BCUT2D eigenvalue weighted by Gasteiger charge is 2.32. The van der Waals surface area contributed by atoms with Gasteiger partial charge in [0.15, 0.2) is 17.7 Å². The van der Waals surface area contributed by atoms with Gasteiger partial charge in [0.05, 0.1) is 17.2 Å². The van der Waals surface area contributed by atoms with Crippen molar-refractivity contribution in [3.8, 4) is 17.2 Å². The quantitative estimate of drug-likeness (QED) is 0.303. The normalized spacial score (nSPS) is 12.5. The number of esters is 1. The van der Waals surface area contributed by atoms with Crippen LogP contribution in [0.5, 0.6) is 17.2 Å². The summed E-state index contributed by atoms with van der Waals surface area (Å²) in [5.41, 5.74) is -1.21. The SMILES string of the molecule is CCOC(=O)C(C)Oc1ccc2ccc(Oc3c(F)cc(C(F)(F)F)cc3Cl)cc2c1. The first-order valence-electron chi connectivity index (χ1n) is 9.19. The number of hydrogen-bond donors (Lipinski definition) is 0. The van der Waals surface area contributed by atoms with E-state index >= 15 is 0 Å². The van der Waals surface area contributed by atoms with E-state index in [9.17, 15) is 22.4 Å². The number of benzene rings is 3. The number of carbonyl (C=O) groups is 1. The van der Waals surface area contributed by atoms with Crippen LogP contribution in [0.15, 0.2) is 48.5 Å². The van der Waals surface area contributed by atoms with Gasteiger partial charge in [-0.3, -0.25) is 0 Å². The molecule has 3 aromatic rings. The Balaban J connectivity index is 1.86. The molecule has 0 amide bonds. The molecule has 1 atom stereocenters. The van der Waals surface area contributed by atoms with Crippen LogP contribution < -0.4 is 9.47 Å². The maximum atomic E-state index is 14.2. The van der Waals surface area contributed by atoms with Gasteiger partial charge in [-0.2, -0.15) is 13.2 Å². The lowest BCUT2D eigenvalue weighted by Crippen LogP contribution is -2.26. The monoisotopic (exact) mass is 456 g/mol. The Morgan fingerprint density at radius 2 is 1.68 bits per heavy atom. The molecule has 0 heterocycles. The second-order valence-electron chi connectivity index (χ2n) is 6.55. The summed E-state index contributed by atoms with van der Waals surface area (Å²) in [7, 11) is 0. The molecule has 3 rings (SSSR count). The molecule has 0 aliphatic rings. The Morgan fingerprint density at radius 1 is 1.03 bits per heavy atom. The van der Waals surface area contributed by atoms with E-state index in [-0.39, 0.29) is 12.4 Å². The number of carbonyl (C=O) groups excluding carboxylic acids is 1. The molecule has 0 saturated carbocycles. The Hall–Kier alpha value is -3.00. The van der Waals surface area contributed by atoms with Gasteiger partial charge >= 0.3 is 12.1 Å². The summed E-state index contributed by atoms with van der Waals surface area (Å²) in [5, 5.41) is 0.921. The third-order valence-corrected chi connectivity index (χ3v) is 4.54. The third kappa shape index (κ3) is 5.38. The molecule has 0 saturated heterocycles. The molecular formula is C22H17ClF4O4. The zero-order valence-corrected chi connectivity index (χ0v) is 17.2. The van der Waals surface area contributed by atoms with Crippen LogP contribution in [-0.4, -0.2) is 18.7 Å². The smallest absolute Gasteiger partial charge is 0.416 e. The second-order valence-corrected chi connectivity index (χ2v) is 6.96. The molecule has 9 heteroatoms. The fourth-order valence-corrected chi connectivity index (χ4v) is 3.04. The highest BCUT2D eigenvalue weighted by atomic mass is 35.5. The van der Waals surface area contributed by atoms with Crippen LogP contribution in [0.25, 0.3) is 10.8 Å². The first kappa shape index (κ1) is 22.7. The largest absolute Gasteiger partial charge is 0.479 e. The molecule has 0 aliphatic carbocycles. The summed E-state index contributed by atoms with van der Waals surface area (Å²) >= 11 is 5.82. The van der Waals surface area contributed by atoms with Crippen molar-refractivity contribution in [2.24, 2.45) is 0 Å². The van der Waals surface area contributed by atoms with Gasteiger partial charge in [-0.25, -0.2) is 9.18 Å². The van der Waals surface area contributed by atoms with Crippen LogP contribution in [0.4, 0.5) is 17.6 Å². The Labute approximate surface area is 180 Å². The predicted octanol–water partition coefficient (Wildman–Crippen LogP) is 6.77. The molecule has 0 spiro atoms. The van der Waals surface area contributed by atoms with Crippen LogP contribution in [0.2, 0.25) is 5.02 Å². The van der Waals surface area contributed by atoms with E-state index in [4.69, 9.17) is 25.8 Å². The number of fused-ring (bicyclic) bond motifs is 1. The molecule has 0 N–H and O–H groups in total. The molecule has 0 aromatic heterocycles. The van der Waals surface area contributed by atoms with E-state index in [0.717, 1.165) is 5.39 Å². The summed E-state index contributed by atoms with van der Waals surface area (Å²) in [6.45, 7) is 3.47. The fourth-order valence-electron chi connectivity index (χ4n) is 2.79. The molecule has 0 fully saturated rings.